The summed E-state index contributed by atoms with van der Waals surface area (Å²) in [6, 6.07) is 11.7. The minimum atomic E-state index is -3.75. The van der Waals surface area contributed by atoms with Gasteiger partial charge in [0, 0.05) is 37.6 Å². The van der Waals surface area contributed by atoms with E-state index < -0.39 is 15.8 Å². The predicted molar refractivity (Wildman–Crippen MR) is 93.5 cm³/mol. The first-order valence-corrected chi connectivity index (χ1v) is 9.29. The van der Waals surface area contributed by atoms with Crippen LogP contribution in [0.3, 0.4) is 0 Å². The lowest BCUT2D eigenvalue weighted by molar-refractivity contribution is -0.118. The maximum Gasteiger partial charge on any atom is 0.261 e. The summed E-state index contributed by atoms with van der Waals surface area (Å²) in [4.78, 5) is 14.6. The molecule has 25 heavy (non-hydrogen) atoms. The first kappa shape index (κ1) is 17.2. The van der Waals surface area contributed by atoms with E-state index >= 15 is 0 Å². The van der Waals surface area contributed by atoms with Crippen LogP contribution in [-0.2, 0) is 14.8 Å². The van der Waals surface area contributed by atoms with Crippen molar-refractivity contribution in [1.29, 1.82) is 0 Å². The maximum absolute atomic E-state index is 12.9. The van der Waals surface area contributed by atoms with Crippen LogP contribution in [0.25, 0.3) is 0 Å². The first-order chi connectivity index (χ1) is 12.0. The highest BCUT2D eigenvalue weighted by molar-refractivity contribution is 7.92. The number of benzene rings is 2. The molecule has 1 aliphatic rings. The Morgan fingerprint density at radius 2 is 1.52 bits per heavy atom. The molecular weight excluding hydrogens is 345 g/mol. The average Bonchev–Trinajstić information content (AvgIpc) is 2.62. The molecule has 6 nitrogen and oxygen atoms in total. The Bertz CT molecular complexity index is 830. The van der Waals surface area contributed by atoms with Gasteiger partial charge in [-0.05, 0) is 48.5 Å². The van der Waals surface area contributed by atoms with Crippen molar-refractivity contribution in [3.05, 3.63) is 54.3 Å². The summed E-state index contributed by atoms with van der Waals surface area (Å²) in [5, 5.41) is 0. The molecule has 0 atom stereocenters. The summed E-state index contributed by atoms with van der Waals surface area (Å²) in [5.41, 5.74) is 1.40. The fourth-order valence-corrected chi connectivity index (χ4v) is 3.71. The van der Waals surface area contributed by atoms with Crippen LogP contribution in [0.2, 0.25) is 0 Å². The number of anilines is 2. The smallest absolute Gasteiger partial charge is 0.261 e. The van der Waals surface area contributed by atoms with Gasteiger partial charge >= 0.3 is 0 Å². The monoisotopic (exact) mass is 363 g/mol. The molecule has 1 fully saturated rings. The number of nitrogens with zero attached hydrogens (tertiary/aromatic N) is 2. The normalized spacial score (nSPS) is 15.1. The van der Waals surface area contributed by atoms with Gasteiger partial charge in [0.05, 0.1) is 4.90 Å². The third-order valence-electron chi connectivity index (χ3n) is 4.07. The Hall–Kier alpha value is -2.61. The minimum absolute atomic E-state index is 0.00274. The standard InChI is InChI=1S/C17H18FN3O3S/c18-14-1-7-17(8-2-14)25(23,24)19-15-3-5-16(6-4-15)21-11-9-20(13-22)10-12-21/h1-8,13,19H,9-12H2. The molecule has 1 N–H and O–H groups in total. The summed E-state index contributed by atoms with van der Waals surface area (Å²) in [6.07, 6.45) is 0.852. The summed E-state index contributed by atoms with van der Waals surface area (Å²) in [5.74, 6) is -0.488. The lowest BCUT2D eigenvalue weighted by Crippen LogP contribution is -2.45. The molecule has 132 valence electrons. The lowest BCUT2D eigenvalue weighted by Gasteiger charge is -2.34. The molecule has 1 amide bonds. The first-order valence-electron chi connectivity index (χ1n) is 7.81. The van der Waals surface area contributed by atoms with E-state index in [1.807, 2.05) is 12.1 Å². The third kappa shape index (κ3) is 4.08. The Balaban J connectivity index is 1.68. The van der Waals surface area contributed by atoms with Crippen LogP contribution in [0, 0.1) is 5.82 Å². The van der Waals surface area contributed by atoms with E-state index in [2.05, 4.69) is 9.62 Å². The third-order valence-corrected chi connectivity index (χ3v) is 5.47. The molecule has 8 heteroatoms. The molecule has 0 aromatic heterocycles. The molecule has 0 bridgehead atoms. The van der Waals surface area contributed by atoms with Crippen molar-refractivity contribution in [2.24, 2.45) is 0 Å². The molecule has 2 aromatic rings. The van der Waals surface area contributed by atoms with Crippen LogP contribution >= 0.6 is 0 Å². The van der Waals surface area contributed by atoms with Crippen molar-refractivity contribution in [3.8, 4) is 0 Å². The Morgan fingerprint density at radius 3 is 2.08 bits per heavy atom. The van der Waals surface area contributed by atoms with E-state index in [-0.39, 0.29) is 4.90 Å². The van der Waals surface area contributed by atoms with Gasteiger partial charge in [-0.1, -0.05) is 0 Å². The lowest BCUT2D eigenvalue weighted by atomic mass is 10.2. The van der Waals surface area contributed by atoms with Gasteiger partial charge in [0.25, 0.3) is 10.0 Å². The van der Waals surface area contributed by atoms with Crippen molar-refractivity contribution >= 4 is 27.8 Å². The van der Waals surface area contributed by atoms with Crippen LogP contribution in [0.15, 0.2) is 53.4 Å². The molecule has 1 saturated heterocycles. The van der Waals surface area contributed by atoms with Crippen LogP contribution in [0.1, 0.15) is 0 Å². The van der Waals surface area contributed by atoms with E-state index in [1.165, 1.54) is 12.1 Å². The number of hydrogen-bond donors (Lipinski definition) is 1. The van der Waals surface area contributed by atoms with Gasteiger partial charge in [-0.25, -0.2) is 12.8 Å². The largest absolute Gasteiger partial charge is 0.368 e. The maximum atomic E-state index is 12.9. The van der Waals surface area contributed by atoms with E-state index in [0.29, 0.717) is 18.8 Å². The van der Waals surface area contributed by atoms with Gasteiger partial charge < -0.3 is 9.80 Å². The number of amides is 1. The SMILES string of the molecule is O=CN1CCN(c2ccc(NS(=O)(=O)c3ccc(F)cc3)cc2)CC1. The number of piperazine rings is 1. The zero-order valence-corrected chi connectivity index (χ0v) is 14.2. The highest BCUT2D eigenvalue weighted by Crippen LogP contribution is 2.21. The van der Waals surface area contributed by atoms with Gasteiger partial charge in [-0.3, -0.25) is 9.52 Å². The van der Waals surface area contributed by atoms with Crippen molar-refractivity contribution in [2.75, 3.05) is 35.8 Å². The molecule has 0 unspecified atom stereocenters. The number of carbonyl (C=O) groups is 1. The number of nitrogens with one attached hydrogen (secondary N) is 1. The van der Waals surface area contributed by atoms with Gasteiger partial charge in [-0.2, -0.15) is 0 Å². The van der Waals surface area contributed by atoms with Crippen molar-refractivity contribution in [2.45, 2.75) is 4.90 Å². The number of halogens is 1. The molecular formula is C17H18FN3O3S. The fourth-order valence-electron chi connectivity index (χ4n) is 2.65. The molecule has 0 radical (unpaired) electrons. The van der Waals surface area contributed by atoms with Crippen LogP contribution in [0.4, 0.5) is 15.8 Å². The summed E-state index contributed by atoms with van der Waals surface area (Å²) in [7, 11) is -3.75. The highest BCUT2D eigenvalue weighted by atomic mass is 32.2. The van der Waals surface area contributed by atoms with E-state index in [9.17, 15) is 17.6 Å². The van der Waals surface area contributed by atoms with Crippen LogP contribution in [-0.4, -0.2) is 45.9 Å². The van der Waals surface area contributed by atoms with Crippen molar-refractivity contribution in [1.82, 2.24) is 4.90 Å². The molecule has 1 aliphatic heterocycles. The number of sulfonamides is 1. The second-order valence-electron chi connectivity index (χ2n) is 5.73. The topological polar surface area (TPSA) is 69.7 Å². The van der Waals surface area contributed by atoms with Crippen molar-refractivity contribution in [3.63, 3.8) is 0 Å². The molecule has 0 aliphatic carbocycles. The second-order valence-corrected chi connectivity index (χ2v) is 7.42. The van der Waals surface area contributed by atoms with E-state index in [1.54, 1.807) is 17.0 Å². The Morgan fingerprint density at radius 1 is 0.920 bits per heavy atom. The van der Waals surface area contributed by atoms with E-state index in [4.69, 9.17) is 0 Å². The second kappa shape index (κ2) is 7.10. The summed E-state index contributed by atoms with van der Waals surface area (Å²) >= 11 is 0. The summed E-state index contributed by atoms with van der Waals surface area (Å²) < 4.78 is 40.0. The van der Waals surface area contributed by atoms with Crippen molar-refractivity contribution < 1.29 is 17.6 Å². The number of hydrogen-bond acceptors (Lipinski definition) is 4. The molecule has 1 heterocycles. The minimum Gasteiger partial charge on any atom is -0.368 e. The van der Waals surface area contributed by atoms with Gasteiger partial charge in [0.15, 0.2) is 0 Å². The fraction of sp³-hybridized carbons (Fsp3) is 0.235. The van der Waals surface area contributed by atoms with Gasteiger partial charge in [0.1, 0.15) is 5.82 Å². The van der Waals surface area contributed by atoms with Gasteiger partial charge in [-0.15, -0.1) is 0 Å². The highest BCUT2D eigenvalue weighted by Gasteiger charge is 2.17. The number of carbonyl (C=O) groups excluding carboxylic acids is 1. The zero-order chi connectivity index (χ0) is 17.9. The quantitative estimate of drug-likeness (QED) is 0.824. The molecule has 0 spiro atoms. The molecule has 0 saturated carbocycles. The Labute approximate surface area is 145 Å². The van der Waals surface area contributed by atoms with Crippen LogP contribution < -0.4 is 9.62 Å². The van der Waals surface area contributed by atoms with E-state index in [0.717, 1.165) is 37.3 Å². The van der Waals surface area contributed by atoms with Gasteiger partial charge in [0.2, 0.25) is 6.41 Å². The zero-order valence-electron chi connectivity index (χ0n) is 13.4. The molecule has 2 aromatic carbocycles. The molecule has 3 rings (SSSR count). The van der Waals surface area contributed by atoms with Crippen LogP contribution in [0.5, 0.6) is 0 Å². The Kier molecular flexibility index (Phi) is 4.89. The predicted octanol–water partition coefficient (Wildman–Crippen LogP) is 1.90. The summed E-state index contributed by atoms with van der Waals surface area (Å²) in [6.45, 7) is 2.81. The number of rotatable bonds is 5. The average molecular weight is 363 g/mol.